The molecule has 0 radical (unpaired) electrons. The van der Waals surface area contributed by atoms with Crippen molar-refractivity contribution < 1.29 is 22.8 Å². The third-order valence-electron chi connectivity index (χ3n) is 4.36. The Hall–Kier alpha value is -3.56. The highest BCUT2D eigenvalue weighted by atomic mass is 19.4. The highest BCUT2D eigenvalue weighted by molar-refractivity contribution is 5.97. The van der Waals surface area contributed by atoms with Gasteiger partial charge in [0.05, 0.1) is 22.9 Å². The number of aromatic nitrogens is 2. The lowest BCUT2D eigenvalue weighted by molar-refractivity contribution is -0.137. The summed E-state index contributed by atoms with van der Waals surface area (Å²) in [5.41, 5.74) is 1.18. The van der Waals surface area contributed by atoms with E-state index in [1.165, 1.54) is 17.0 Å². The van der Waals surface area contributed by atoms with Gasteiger partial charge in [0.1, 0.15) is 0 Å². The number of carbonyl (C=O) groups excluding carboxylic acids is 2. The van der Waals surface area contributed by atoms with Crippen LogP contribution in [0.4, 0.5) is 23.7 Å². The zero-order chi connectivity index (χ0) is 21.9. The van der Waals surface area contributed by atoms with Crippen LogP contribution < -0.4 is 10.6 Å². The molecular weight excluding hydrogens is 399 g/mol. The molecule has 0 unspecified atom stereocenters. The Balaban J connectivity index is 1.58. The van der Waals surface area contributed by atoms with Crippen LogP contribution in [0.5, 0.6) is 0 Å². The van der Waals surface area contributed by atoms with Crippen LogP contribution in [0.2, 0.25) is 0 Å². The van der Waals surface area contributed by atoms with Gasteiger partial charge < -0.3 is 20.1 Å². The zero-order valence-electron chi connectivity index (χ0n) is 16.3. The summed E-state index contributed by atoms with van der Waals surface area (Å²) in [4.78, 5) is 29.8. The molecule has 1 aromatic heterocycles. The van der Waals surface area contributed by atoms with E-state index in [0.717, 1.165) is 17.6 Å². The normalized spacial score (nSPS) is 11.4. The molecule has 3 aromatic rings. The number of carbonyl (C=O) groups is 2. The number of fused-ring (bicyclic) bond motifs is 1. The number of nitrogens with one attached hydrogen (secondary N) is 2. The van der Waals surface area contributed by atoms with Gasteiger partial charge in [-0.2, -0.15) is 13.2 Å². The molecule has 0 aliphatic carbocycles. The molecule has 0 saturated carbocycles. The van der Waals surface area contributed by atoms with Crippen LogP contribution in [0.3, 0.4) is 0 Å². The van der Waals surface area contributed by atoms with Crippen molar-refractivity contribution in [3.05, 3.63) is 59.9 Å². The van der Waals surface area contributed by atoms with Gasteiger partial charge in [0.2, 0.25) is 0 Å². The van der Waals surface area contributed by atoms with Crippen LogP contribution in [0.15, 0.2) is 48.8 Å². The monoisotopic (exact) mass is 419 g/mol. The van der Waals surface area contributed by atoms with Crippen molar-refractivity contribution in [1.82, 2.24) is 19.8 Å². The molecule has 2 aromatic carbocycles. The number of rotatable bonds is 5. The highest BCUT2D eigenvalue weighted by Crippen LogP contribution is 2.30. The Morgan fingerprint density at radius 3 is 2.60 bits per heavy atom. The van der Waals surface area contributed by atoms with E-state index < -0.39 is 17.8 Å². The maximum atomic E-state index is 12.7. The first-order valence-electron chi connectivity index (χ1n) is 9.04. The summed E-state index contributed by atoms with van der Waals surface area (Å²) in [5, 5.41) is 4.98. The molecule has 0 aliphatic heterocycles. The Kier molecular flexibility index (Phi) is 5.95. The minimum absolute atomic E-state index is 0.0495. The number of nitrogens with zero attached hydrogens (tertiary/aromatic N) is 3. The second-order valence-electron chi connectivity index (χ2n) is 6.80. The second kappa shape index (κ2) is 8.44. The molecule has 30 heavy (non-hydrogen) atoms. The van der Waals surface area contributed by atoms with Gasteiger partial charge in [-0.05, 0) is 36.4 Å². The summed E-state index contributed by atoms with van der Waals surface area (Å²) < 4.78 is 40.0. The number of alkyl halides is 3. The summed E-state index contributed by atoms with van der Waals surface area (Å²) in [6.45, 7) is 0.627. The van der Waals surface area contributed by atoms with E-state index in [2.05, 4.69) is 15.6 Å². The maximum Gasteiger partial charge on any atom is 0.416 e. The van der Waals surface area contributed by atoms with Gasteiger partial charge in [-0.1, -0.05) is 6.07 Å². The van der Waals surface area contributed by atoms with Gasteiger partial charge in [0.15, 0.2) is 0 Å². The van der Waals surface area contributed by atoms with Gasteiger partial charge in [-0.25, -0.2) is 9.78 Å². The predicted octanol–water partition coefficient (Wildman–Crippen LogP) is 3.58. The van der Waals surface area contributed by atoms with Crippen molar-refractivity contribution in [2.45, 2.75) is 12.7 Å². The molecule has 0 fully saturated rings. The summed E-state index contributed by atoms with van der Waals surface area (Å²) in [5.74, 6) is -0.126. The molecule has 158 valence electrons. The smallest absolute Gasteiger partial charge is 0.345 e. The van der Waals surface area contributed by atoms with E-state index in [1.807, 2.05) is 4.57 Å². The number of urea groups is 1. The maximum absolute atomic E-state index is 12.7. The van der Waals surface area contributed by atoms with Gasteiger partial charge in [-0.15, -0.1) is 0 Å². The fourth-order valence-electron chi connectivity index (χ4n) is 2.87. The van der Waals surface area contributed by atoms with E-state index in [4.69, 9.17) is 0 Å². The van der Waals surface area contributed by atoms with Crippen LogP contribution in [0, 0.1) is 0 Å². The first-order chi connectivity index (χ1) is 14.1. The lowest BCUT2D eigenvalue weighted by Crippen LogP contribution is -2.31. The van der Waals surface area contributed by atoms with Gasteiger partial charge in [-0.3, -0.25) is 4.79 Å². The number of amides is 3. The summed E-state index contributed by atoms with van der Waals surface area (Å²) in [7, 11) is 3.34. The molecule has 1 heterocycles. The number of imidazole rings is 1. The van der Waals surface area contributed by atoms with E-state index >= 15 is 0 Å². The van der Waals surface area contributed by atoms with Crippen LogP contribution in [-0.4, -0.2) is 47.0 Å². The van der Waals surface area contributed by atoms with Gasteiger partial charge >= 0.3 is 12.2 Å². The first kappa shape index (κ1) is 21.2. The van der Waals surface area contributed by atoms with Crippen LogP contribution in [0.1, 0.15) is 15.9 Å². The third-order valence-corrected chi connectivity index (χ3v) is 4.36. The van der Waals surface area contributed by atoms with Crippen molar-refractivity contribution in [2.24, 2.45) is 0 Å². The van der Waals surface area contributed by atoms with Crippen molar-refractivity contribution in [1.29, 1.82) is 0 Å². The van der Waals surface area contributed by atoms with Crippen molar-refractivity contribution in [3.8, 4) is 0 Å². The molecule has 2 N–H and O–H groups in total. The number of hydrogen-bond donors (Lipinski definition) is 2. The first-order valence-corrected chi connectivity index (χ1v) is 9.04. The van der Waals surface area contributed by atoms with Crippen molar-refractivity contribution in [3.63, 3.8) is 0 Å². The third kappa shape index (κ3) is 4.88. The second-order valence-corrected chi connectivity index (χ2v) is 6.80. The van der Waals surface area contributed by atoms with E-state index in [-0.39, 0.29) is 18.1 Å². The minimum atomic E-state index is -4.48. The standard InChI is InChI=1S/C20H20F3N5O2/c1-27(2)18(29)13-6-7-17-16(10-13)25-12-28(17)9-8-24-19(30)26-15-5-3-4-14(11-15)20(21,22)23/h3-7,10-12H,8-9H2,1-2H3,(H2,24,26,30). The molecule has 0 saturated heterocycles. The Labute approximate surface area is 170 Å². The minimum Gasteiger partial charge on any atom is -0.345 e. The SMILES string of the molecule is CN(C)C(=O)c1ccc2c(c1)ncn2CCNC(=O)Nc1cccc(C(F)(F)F)c1. The van der Waals surface area contributed by atoms with Crippen molar-refractivity contribution in [2.75, 3.05) is 26.0 Å². The van der Waals surface area contributed by atoms with Crippen LogP contribution in [0.25, 0.3) is 11.0 Å². The summed E-state index contributed by atoms with van der Waals surface area (Å²) in [6.07, 6.45) is -2.88. The van der Waals surface area contributed by atoms with E-state index in [0.29, 0.717) is 17.6 Å². The highest BCUT2D eigenvalue weighted by Gasteiger charge is 2.30. The summed E-state index contributed by atoms with van der Waals surface area (Å²) >= 11 is 0. The lowest BCUT2D eigenvalue weighted by Gasteiger charge is -2.11. The molecule has 10 heteroatoms. The molecule has 0 bridgehead atoms. The molecular formula is C20H20F3N5O2. The van der Waals surface area contributed by atoms with Crippen LogP contribution >= 0.6 is 0 Å². The van der Waals surface area contributed by atoms with E-state index in [1.54, 1.807) is 38.6 Å². The summed E-state index contributed by atoms with van der Waals surface area (Å²) in [6, 6.07) is 8.98. The predicted molar refractivity (Wildman–Crippen MR) is 106 cm³/mol. The topological polar surface area (TPSA) is 79.3 Å². The fourth-order valence-corrected chi connectivity index (χ4v) is 2.87. The molecule has 0 atom stereocenters. The molecule has 3 amide bonds. The number of anilines is 1. The van der Waals surface area contributed by atoms with Crippen molar-refractivity contribution >= 4 is 28.7 Å². The molecule has 0 spiro atoms. The molecule has 0 aliphatic rings. The van der Waals surface area contributed by atoms with Gasteiger partial charge in [0, 0.05) is 38.4 Å². The number of halogens is 3. The van der Waals surface area contributed by atoms with E-state index in [9.17, 15) is 22.8 Å². The average Bonchev–Trinajstić information content (AvgIpc) is 3.09. The quantitative estimate of drug-likeness (QED) is 0.664. The van der Waals surface area contributed by atoms with Crippen LogP contribution in [-0.2, 0) is 12.7 Å². The largest absolute Gasteiger partial charge is 0.416 e. The molecule has 3 rings (SSSR count). The molecule has 7 nitrogen and oxygen atoms in total. The van der Waals surface area contributed by atoms with Gasteiger partial charge in [0.25, 0.3) is 5.91 Å². The lowest BCUT2D eigenvalue weighted by atomic mass is 10.2. The Morgan fingerprint density at radius 2 is 1.90 bits per heavy atom. The fraction of sp³-hybridized carbons (Fsp3) is 0.250. The number of benzene rings is 2. The Morgan fingerprint density at radius 1 is 1.13 bits per heavy atom. The number of hydrogen-bond acceptors (Lipinski definition) is 3. The Bertz CT molecular complexity index is 1080. The zero-order valence-corrected chi connectivity index (χ0v) is 16.3. The average molecular weight is 419 g/mol.